The Morgan fingerprint density at radius 2 is 1.78 bits per heavy atom. The zero-order chi connectivity index (χ0) is 13.1. The lowest BCUT2D eigenvalue weighted by Crippen LogP contribution is -1.81. The van der Waals surface area contributed by atoms with Crippen LogP contribution in [0.4, 0.5) is 0 Å². The van der Waals surface area contributed by atoms with Crippen molar-refractivity contribution in [1.29, 1.82) is 0 Å². The minimum absolute atomic E-state index is 0.850. The Kier molecular flexibility index (Phi) is 7.26. The SMILES string of the molecule is CCCCCCC#CC#Cc1ccc(OC)cc1. The lowest BCUT2D eigenvalue weighted by Gasteiger charge is -1.96. The molecule has 1 aromatic rings. The Balaban J connectivity index is 2.34. The Morgan fingerprint density at radius 1 is 1.00 bits per heavy atom. The van der Waals surface area contributed by atoms with Crippen LogP contribution in [-0.2, 0) is 0 Å². The summed E-state index contributed by atoms with van der Waals surface area (Å²) in [5.74, 6) is 12.7. The molecule has 0 atom stereocenters. The second-order valence-electron chi connectivity index (χ2n) is 4.09. The highest BCUT2D eigenvalue weighted by Gasteiger charge is 1.88. The topological polar surface area (TPSA) is 9.23 Å². The van der Waals surface area contributed by atoms with Crippen molar-refractivity contribution in [3.05, 3.63) is 29.8 Å². The van der Waals surface area contributed by atoms with Gasteiger partial charge in [0.1, 0.15) is 5.75 Å². The van der Waals surface area contributed by atoms with Crippen molar-refractivity contribution >= 4 is 0 Å². The molecule has 0 spiro atoms. The number of ether oxygens (including phenoxy) is 1. The van der Waals surface area contributed by atoms with Crippen LogP contribution in [0.5, 0.6) is 5.75 Å². The number of hydrogen-bond donors (Lipinski definition) is 0. The smallest absolute Gasteiger partial charge is 0.118 e. The number of rotatable bonds is 5. The number of unbranched alkanes of at least 4 members (excludes halogenated alkanes) is 4. The molecular formula is C17H20O. The van der Waals surface area contributed by atoms with E-state index in [9.17, 15) is 0 Å². The van der Waals surface area contributed by atoms with E-state index in [1.807, 2.05) is 24.3 Å². The Hall–Kier alpha value is -1.86. The first-order valence-electron chi connectivity index (χ1n) is 6.49. The van der Waals surface area contributed by atoms with Crippen LogP contribution in [-0.4, -0.2) is 7.11 Å². The van der Waals surface area contributed by atoms with Gasteiger partial charge in [-0.05, 0) is 42.5 Å². The van der Waals surface area contributed by atoms with E-state index in [1.165, 1.54) is 25.7 Å². The Morgan fingerprint density at radius 3 is 2.44 bits per heavy atom. The van der Waals surface area contributed by atoms with Crippen LogP contribution in [0.2, 0.25) is 0 Å². The van der Waals surface area contributed by atoms with E-state index in [4.69, 9.17) is 4.74 Å². The van der Waals surface area contributed by atoms with Crippen molar-refractivity contribution < 1.29 is 4.74 Å². The van der Waals surface area contributed by atoms with Gasteiger partial charge < -0.3 is 4.74 Å². The van der Waals surface area contributed by atoms with Crippen LogP contribution in [0.25, 0.3) is 0 Å². The van der Waals surface area contributed by atoms with E-state index in [2.05, 4.69) is 30.6 Å². The lowest BCUT2D eigenvalue weighted by molar-refractivity contribution is 0.415. The summed E-state index contributed by atoms with van der Waals surface area (Å²) in [4.78, 5) is 0. The molecule has 0 aliphatic heterocycles. The summed E-state index contributed by atoms with van der Waals surface area (Å²) in [5.41, 5.74) is 0.969. The normalized spacial score (nSPS) is 8.78. The third-order valence-corrected chi connectivity index (χ3v) is 2.60. The van der Waals surface area contributed by atoms with Gasteiger partial charge >= 0.3 is 0 Å². The van der Waals surface area contributed by atoms with Crippen LogP contribution >= 0.6 is 0 Å². The maximum absolute atomic E-state index is 5.08. The molecule has 0 radical (unpaired) electrons. The molecule has 0 bridgehead atoms. The van der Waals surface area contributed by atoms with Gasteiger partial charge in [-0.15, -0.1) is 0 Å². The highest BCUT2D eigenvalue weighted by molar-refractivity contribution is 5.42. The Bertz CT molecular complexity index is 448. The van der Waals surface area contributed by atoms with E-state index in [0.717, 1.165) is 17.7 Å². The predicted octanol–water partition coefficient (Wildman–Crippen LogP) is 4.02. The van der Waals surface area contributed by atoms with Crippen LogP contribution in [0.15, 0.2) is 24.3 Å². The van der Waals surface area contributed by atoms with Crippen LogP contribution in [0.1, 0.15) is 44.6 Å². The summed E-state index contributed by atoms with van der Waals surface area (Å²) < 4.78 is 5.08. The standard InChI is InChI=1S/C17H20O/c1-3-4-5-6-7-8-9-10-11-16-12-14-17(18-2)15-13-16/h12-15H,3-7H2,1-2H3. The molecular weight excluding hydrogens is 220 g/mol. The largest absolute Gasteiger partial charge is 0.497 e. The predicted molar refractivity (Wildman–Crippen MR) is 76.4 cm³/mol. The molecule has 0 fully saturated rings. The fraction of sp³-hybridized carbons (Fsp3) is 0.412. The summed E-state index contributed by atoms with van der Waals surface area (Å²) in [6.45, 7) is 2.21. The lowest BCUT2D eigenvalue weighted by atomic mass is 10.1. The summed E-state index contributed by atoms with van der Waals surface area (Å²) in [6, 6.07) is 7.69. The van der Waals surface area contributed by atoms with Crippen molar-refractivity contribution in [3.63, 3.8) is 0 Å². The van der Waals surface area contributed by atoms with Crippen molar-refractivity contribution in [1.82, 2.24) is 0 Å². The molecule has 0 aliphatic rings. The molecule has 94 valence electrons. The third-order valence-electron chi connectivity index (χ3n) is 2.60. The van der Waals surface area contributed by atoms with Crippen molar-refractivity contribution in [2.24, 2.45) is 0 Å². The van der Waals surface area contributed by atoms with Gasteiger partial charge in [0.25, 0.3) is 0 Å². The van der Waals surface area contributed by atoms with Gasteiger partial charge in [-0.25, -0.2) is 0 Å². The fourth-order valence-corrected chi connectivity index (χ4v) is 1.52. The van der Waals surface area contributed by atoms with Crippen LogP contribution in [0.3, 0.4) is 0 Å². The molecule has 0 N–H and O–H groups in total. The van der Waals surface area contributed by atoms with Gasteiger partial charge in [0.05, 0.1) is 7.11 Å². The number of methoxy groups -OCH3 is 1. The molecule has 0 saturated carbocycles. The third kappa shape index (κ3) is 6.02. The maximum Gasteiger partial charge on any atom is 0.118 e. The van der Waals surface area contributed by atoms with E-state index >= 15 is 0 Å². The molecule has 1 rings (SSSR count). The van der Waals surface area contributed by atoms with Crippen LogP contribution < -0.4 is 4.74 Å². The zero-order valence-corrected chi connectivity index (χ0v) is 11.3. The summed E-state index contributed by atoms with van der Waals surface area (Å²) in [7, 11) is 1.66. The molecule has 1 aromatic carbocycles. The summed E-state index contributed by atoms with van der Waals surface area (Å²) in [5, 5.41) is 0. The highest BCUT2D eigenvalue weighted by atomic mass is 16.5. The van der Waals surface area contributed by atoms with Gasteiger partial charge in [-0.3, -0.25) is 0 Å². The second kappa shape index (κ2) is 9.20. The van der Waals surface area contributed by atoms with Crippen LogP contribution in [0, 0.1) is 23.7 Å². The first-order chi connectivity index (χ1) is 8.86. The van der Waals surface area contributed by atoms with E-state index in [1.54, 1.807) is 7.11 Å². The molecule has 1 heteroatoms. The maximum atomic E-state index is 5.08. The van der Waals surface area contributed by atoms with E-state index < -0.39 is 0 Å². The zero-order valence-electron chi connectivity index (χ0n) is 11.3. The molecule has 0 unspecified atom stereocenters. The molecule has 0 amide bonds. The van der Waals surface area contributed by atoms with E-state index in [-0.39, 0.29) is 0 Å². The summed E-state index contributed by atoms with van der Waals surface area (Å²) in [6.07, 6.45) is 5.99. The Labute approximate surface area is 111 Å². The number of benzene rings is 1. The highest BCUT2D eigenvalue weighted by Crippen LogP contribution is 2.09. The monoisotopic (exact) mass is 240 g/mol. The first kappa shape index (κ1) is 14.2. The van der Waals surface area contributed by atoms with Gasteiger partial charge in [0.2, 0.25) is 0 Å². The summed E-state index contributed by atoms with van der Waals surface area (Å²) >= 11 is 0. The second-order valence-corrected chi connectivity index (χ2v) is 4.09. The molecule has 1 nitrogen and oxygen atoms in total. The van der Waals surface area contributed by atoms with Gasteiger partial charge in [-0.2, -0.15) is 0 Å². The minimum Gasteiger partial charge on any atom is -0.497 e. The quantitative estimate of drug-likeness (QED) is 0.558. The van der Waals surface area contributed by atoms with Crippen molar-refractivity contribution in [2.45, 2.75) is 39.0 Å². The molecule has 0 heterocycles. The molecule has 18 heavy (non-hydrogen) atoms. The van der Waals surface area contributed by atoms with Crippen molar-refractivity contribution in [3.8, 4) is 29.4 Å². The molecule has 0 saturated heterocycles. The fourth-order valence-electron chi connectivity index (χ4n) is 1.52. The first-order valence-corrected chi connectivity index (χ1v) is 6.49. The van der Waals surface area contributed by atoms with Gasteiger partial charge in [-0.1, -0.05) is 38.0 Å². The average molecular weight is 240 g/mol. The van der Waals surface area contributed by atoms with Crippen molar-refractivity contribution in [2.75, 3.05) is 7.11 Å². The molecule has 0 aromatic heterocycles. The van der Waals surface area contributed by atoms with Gasteiger partial charge in [0, 0.05) is 12.0 Å². The van der Waals surface area contributed by atoms with Gasteiger partial charge in [0.15, 0.2) is 0 Å². The average Bonchev–Trinajstić information content (AvgIpc) is 2.42. The minimum atomic E-state index is 0.850. The van der Waals surface area contributed by atoms with E-state index in [0.29, 0.717) is 0 Å². The number of hydrogen-bond acceptors (Lipinski definition) is 1. The molecule has 0 aliphatic carbocycles.